The summed E-state index contributed by atoms with van der Waals surface area (Å²) in [5.74, 6) is -0.895. The lowest BCUT2D eigenvalue weighted by Crippen LogP contribution is -2.25. The predicted octanol–water partition coefficient (Wildman–Crippen LogP) is 0.421. The van der Waals surface area contributed by atoms with E-state index in [0.29, 0.717) is 5.56 Å². The quantitative estimate of drug-likeness (QED) is 0.557. The number of carbonyl (C=O) groups excluding carboxylic acids is 1. The summed E-state index contributed by atoms with van der Waals surface area (Å²) < 4.78 is 0. The minimum atomic E-state index is -1.34. The second-order valence-electron chi connectivity index (χ2n) is 2.52. The van der Waals surface area contributed by atoms with Gasteiger partial charge in [-0.05, 0) is 5.56 Å². The van der Waals surface area contributed by atoms with Crippen molar-refractivity contribution in [3.8, 4) is 0 Å². The number of nitrogens with zero attached hydrogens (tertiary/aromatic N) is 1. The van der Waals surface area contributed by atoms with Crippen LogP contribution in [0.1, 0.15) is 11.7 Å². The van der Waals surface area contributed by atoms with E-state index in [9.17, 15) is 14.9 Å². The second-order valence-corrected chi connectivity index (χ2v) is 2.52. The van der Waals surface area contributed by atoms with Crippen molar-refractivity contribution in [3.05, 3.63) is 46.0 Å². The molecular weight excluding hydrogens is 188 g/mol. The number of hydrogen-bond acceptors (Lipinski definition) is 4. The van der Waals surface area contributed by atoms with Crippen LogP contribution in [-0.4, -0.2) is 11.0 Å². The number of amides is 1. The Morgan fingerprint density at radius 3 is 2.43 bits per heavy atom. The van der Waals surface area contributed by atoms with E-state index in [1.165, 1.54) is 12.1 Å². The molecule has 0 aliphatic rings. The van der Waals surface area contributed by atoms with Crippen molar-refractivity contribution < 1.29 is 14.7 Å². The Balaban J connectivity index is 2.89. The Morgan fingerprint density at radius 2 is 2.00 bits per heavy atom. The van der Waals surface area contributed by atoms with Gasteiger partial charge in [-0.1, -0.05) is 30.3 Å². The molecule has 0 saturated carbocycles. The summed E-state index contributed by atoms with van der Waals surface area (Å²) in [4.78, 5) is 25.0. The van der Waals surface area contributed by atoms with Gasteiger partial charge in [-0.25, -0.2) is 0 Å². The molecule has 0 aromatic heterocycles. The molecule has 0 spiro atoms. The van der Waals surface area contributed by atoms with E-state index in [1.54, 1.807) is 18.2 Å². The zero-order chi connectivity index (χ0) is 10.6. The van der Waals surface area contributed by atoms with Gasteiger partial charge in [0.2, 0.25) is 6.10 Å². The third-order valence-corrected chi connectivity index (χ3v) is 1.55. The van der Waals surface area contributed by atoms with Gasteiger partial charge in [0.05, 0.1) is 0 Å². The highest BCUT2D eigenvalue weighted by molar-refractivity contribution is 5.80. The van der Waals surface area contributed by atoms with E-state index in [-0.39, 0.29) is 0 Å². The molecule has 74 valence electrons. The van der Waals surface area contributed by atoms with Crippen molar-refractivity contribution in [1.82, 2.24) is 0 Å². The maximum Gasteiger partial charge on any atom is 0.295 e. The second kappa shape index (κ2) is 4.22. The predicted molar refractivity (Wildman–Crippen MR) is 46.5 cm³/mol. The largest absolute Gasteiger partial charge is 0.367 e. The Morgan fingerprint density at radius 1 is 1.43 bits per heavy atom. The molecule has 0 bridgehead atoms. The summed E-state index contributed by atoms with van der Waals surface area (Å²) >= 11 is 0. The fraction of sp³-hybridized carbons (Fsp3) is 0.125. The molecule has 1 aromatic rings. The average Bonchev–Trinajstić information content (AvgIpc) is 2.15. The minimum Gasteiger partial charge on any atom is -0.367 e. The Hall–Kier alpha value is -2.11. The highest BCUT2D eigenvalue weighted by Crippen LogP contribution is 2.16. The van der Waals surface area contributed by atoms with Crippen molar-refractivity contribution in [1.29, 1.82) is 0 Å². The third-order valence-electron chi connectivity index (χ3n) is 1.55. The molecule has 6 heteroatoms. The van der Waals surface area contributed by atoms with Crippen LogP contribution in [0.2, 0.25) is 0 Å². The topological polar surface area (TPSA) is 95.5 Å². The first-order chi connectivity index (χ1) is 6.61. The van der Waals surface area contributed by atoms with E-state index >= 15 is 0 Å². The van der Waals surface area contributed by atoms with Crippen molar-refractivity contribution in [2.75, 3.05) is 0 Å². The first kappa shape index (κ1) is 9.97. The van der Waals surface area contributed by atoms with Gasteiger partial charge in [0.25, 0.3) is 11.0 Å². The highest BCUT2D eigenvalue weighted by Gasteiger charge is 2.21. The van der Waals surface area contributed by atoms with E-state index in [2.05, 4.69) is 4.84 Å². The SMILES string of the molecule is NC(=O)C(O[N+](=O)[O-])c1ccccc1. The van der Waals surface area contributed by atoms with Crippen LogP contribution < -0.4 is 5.73 Å². The summed E-state index contributed by atoms with van der Waals surface area (Å²) in [6.45, 7) is 0. The van der Waals surface area contributed by atoms with Crippen molar-refractivity contribution >= 4 is 5.91 Å². The fourth-order valence-corrected chi connectivity index (χ4v) is 0.991. The summed E-state index contributed by atoms with van der Waals surface area (Å²) in [5.41, 5.74) is 5.31. The Labute approximate surface area is 79.4 Å². The number of carbonyl (C=O) groups is 1. The normalized spacial score (nSPS) is 11.7. The smallest absolute Gasteiger partial charge is 0.295 e. The average molecular weight is 196 g/mol. The molecule has 0 aliphatic heterocycles. The molecule has 0 fully saturated rings. The highest BCUT2D eigenvalue weighted by atomic mass is 17.0. The zero-order valence-corrected chi connectivity index (χ0v) is 7.12. The molecular formula is C8H8N2O4. The molecule has 0 saturated heterocycles. The monoisotopic (exact) mass is 196 g/mol. The summed E-state index contributed by atoms with van der Waals surface area (Å²) in [7, 11) is 0. The molecule has 1 atom stereocenters. The lowest BCUT2D eigenvalue weighted by atomic mass is 10.1. The molecule has 1 amide bonds. The van der Waals surface area contributed by atoms with Gasteiger partial charge < -0.3 is 5.73 Å². The van der Waals surface area contributed by atoms with Gasteiger partial charge in [-0.15, -0.1) is 10.1 Å². The third kappa shape index (κ3) is 2.44. The molecule has 0 heterocycles. The molecule has 1 aromatic carbocycles. The maximum atomic E-state index is 10.8. The van der Waals surface area contributed by atoms with Gasteiger partial charge in [0.1, 0.15) is 0 Å². The van der Waals surface area contributed by atoms with Crippen molar-refractivity contribution in [3.63, 3.8) is 0 Å². The molecule has 0 radical (unpaired) electrons. The lowest BCUT2D eigenvalue weighted by Gasteiger charge is -2.10. The number of benzene rings is 1. The first-order valence-corrected chi connectivity index (χ1v) is 3.76. The van der Waals surface area contributed by atoms with Crippen LogP contribution in [0.5, 0.6) is 0 Å². The van der Waals surface area contributed by atoms with E-state index in [1.807, 2.05) is 0 Å². The van der Waals surface area contributed by atoms with Gasteiger partial charge in [0, 0.05) is 0 Å². The molecule has 1 rings (SSSR count). The van der Waals surface area contributed by atoms with Crippen LogP contribution in [0.25, 0.3) is 0 Å². The number of nitrogens with two attached hydrogens (primary N) is 1. The number of rotatable bonds is 4. The molecule has 14 heavy (non-hydrogen) atoms. The fourth-order valence-electron chi connectivity index (χ4n) is 0.991. The zero-order valence-electron chi connectivity index (χ0n) is 7.12. The van der Waals surface area contributed by atoms with Crippen LogP contribution >= 0.6 is 0 Å². The lowest BCUT2D eigenvalue weighted by molar-refractivity contribution is -0.766. The Kier molecular flexibility index (Phi) is 3.01. The van der Waals surface area contributed by atoms with Gasteiger partial charge in [-0.2, -0.15) is 0 Å². The molecule has 0 aliphatic carbocycles. The standard InChI is InChI=1S/C8H8N2O4/c9-8(11)7(14-10(12)13)6-4-2-1-3-5-6/h1-5,7H,(H2,9,11). The maximum absolute atomic E-state index is 10.8. The van der Waals surface area contributed by atoms with Gasteiger partial charge in [-0.3, -0.25) is 9.63 Å². The van der Waals surface area contributed by atoms with Gasteiger partial charge >= 0.3 is 0 Å². The summed E-state index contributed by atoms with van der Waals surface area (Å²) in [6, 6.07) is 8.04. The van der Waals surface area contributed by atoms with Crippen LogP contribution in [0.15, 0.2) is 30.3 Å². The van der Waals surface area contributed by atoms with Crippen molar-refractivity contribution in [2.45, 2.75) is 6.10 Å². The van der Waals surface area contributed by atoms with E-state index in [0.717, 1.165) is 0 Å². The summed E-state index contributed by atoms with van der Waals surface area (Å²) in [6.07, 6.45) is -1.34. The first-order valence-electron chi connectivity index (χ1n) is 3.76. The van der Waals surface area contributed by atoms with Crippen LogP contribution in [-0.2, 0) is 9.63 Å². The number of primary amides is 1. The molecule has 1 unspecified atom stereocenters. The Bertz CT molecular complexity index is 338. The molecule has 2 N–H and O–H groups in total. The van der Waals surface area contributed by atoms with Crippen LogP contribution in [0.3, 0.4) is 0 Å². The van der Waals surface area contributed by atoms with E-state index in [4.69, 9.17) is 5.73 Å². The van der Waals surface area contributed by atoms with Crippen molar-refractivity contribution in [2.24, 2.45) is 5.73 Å². The summed E-state index contributed by atoms with van der Waals surface area (Å²) in [5, 5.41) is 9.02. The van der Waals surface area contributed by atoms with Gasteiger partial charge in [0.15, 0.2) is 0 Å². The molecule has 6 nitrogen and oxygen atoms in total. The minimum absolute atomic E-state index is 0.358. The number of hydrogen-bond donors (Lipinski definition) is 1. The van der Waals surface area contributed by atoms with Crippen LogP contribution in [0, 0.1) is 10.1 Å². The van der Waals surface area contributed by atoms with Crippen LogP contribution in [0.4, 0.5) is 0 Å². The van der Waals surface area contributed by atoms with E-state index < -0.39 is 17.1 Å².